The number of aromatic nitrogens is 3. The molecule has 0 aliphatic heterocycles. The van der Waals surface area contributed by atoms with Crippen molar-refractivity contribution in [2.75, 3.05) is 6.54 Å². The van der Waals surface area contributed by atoms with Gasteiger partial charge in [-0.3, -0.25) is 14.7 Å². The van der Waals surface area contributed by atoms with E-state index in [1.54, 1.807) is 0 Å². The summed E-state index contributed by atoms with van der Waals surface area (Å²) < 4.78 is 0. The number of carboxylic acid groups (broad SMARTS) is 1. The van der Waals surface area contributed by atoms with Crippen molar-refractivity contribution in [2.24, 2.45) is 0 Å². The fourth-order valence-electron chi connectivity index (χ4n) is 0.980. The fourth-order valence-corrected chi connectivity index (χ4v) is 0.980. The van der Waals surface area contributed by atoms with Crippen molar-refractivity contribution in [2.45, 2.75) is 19.8 Å². The number of H-pyrrole nitrogens is 1. The number of nitrogens with zero attached hydrogens (tertiary/aromatic N) is 2. The Hall–Kier alpha value is -1.92. The average molecular weight is 212 g/mol. The minimum atomic E-state index is -1.10. The molecule has 0 fully saturated rings. The molecule has 0 spiro atoms. The third-order valence-electron chi connectivity index (χ3n) is 1.62. The maximum Gasteiger partial charge on any atom is 0.322 e. The second-order valence-corrected chi connectivity index (χ2v) is 2.93. The standard InChI is InChI=1S/C8H12N4O3/c1-2-3-5-10-7(12-11-5)8(15)9-4-6(13)14/h2-4H2,1H3,(H,9,15)(H,13,14)(H,10,11,12). The van der Waals surface area contributed by atoms with Gasteiger partial charge in [-0.2, -0.15) is 0 Å². The molecule has 0 saturated heterocycles. The third kappa shape index (κ3) is 3.37. The first-order chi connectivity index (χ1) is 7.13. The molecule has 0 bridgehead atoms. The molecule has 1 amide bonds. The summed E-state index contributed by atoms with van der Waals surface area (Å²) in [5.74, 6) is -1.10. The number of aromatic amines is 1. The topological polar surface area (TPSA) is 108 Å². The number of hydrogen-bond acceptors (Lipinski definition) is 4. The number of carboxylic acids is 1. The molecule has 1 rings (SSSR count). The van der Waals surface area contributed by atoms with Gasteiger partial charge >= 0.3 is 5.97 Å². The normalized spacial score (nSPS) is 9.93. The maximum atomic E-state index is 11.2. The average Bonchev–Trinajstić information content (AvgIpc) is 2.63. The molecule has 15 heavy (non-hydrogen) atoms. The highest BCUT2D eigenvalue weighted by molar-refractivity contribution is 5.92. The van der Waals surface area contributed by atoms with E-state index in [0.717, 1.165) is 6.42 Å². The van der Waals surface area contributed by atoms with Crippen LogP contribution in [0, 0.1) is 0 Å². The zero-order valence-electron chi connectivity index (χ0n) is 8.28. The van der Waals surface area contributed by atoms with Crippen molar-refractivity contribution >= 4 is 11.9 Å². The highest BCUT2D eigenvalue weighted by Crippen LogP contribution is 1.96. The number of hydrogen-bond donors (Lipinski definition) is 3. The largest absolute Gasteiger partial charge is 0.480 e. The van der Waals surface area contributed by atoms with Crippen molar-refractivity contribution in [3.05, 3.63) is 11.6 Å². The van der Waals surface area contributed by atoms with Gasteiger partial charge in [0.05, 0.1) is 0 Å². The number of carbonyl (C=O) groups is 2. The van der Waals surface area contributed by atoms with E-state index in [1.165, 1.54) is 0 Å². The summed E-state index contributed by atoms with van der Waals surface area (Å²) in [4.78, 5) is 25.3. The van der Waals surface area contributed by atoms with Crippen LogP contribution in [0.3, 0.4) is 0 Å². The number of amides is 1. The number of rotatable bonds is 5. The lowest BCUT2D eigenvalue weighted by Crippen LogP contribution is -2.30. The van der Waals surface area contributed by atoms with E-state index >= 15 is 0 Å². The molecule has 7 heteroatoms. The molecule has 1 aromatic heterocycles. The van der Waals surface area contributed by atoms with E-state index in [4.69, 9.17) is 5.11 Å². The molecular formula is C8H12N4O3. The van der Waals surface area contributed by atoms with Gasteiger partial charge in [-0.1, -0.05) is 6.92 Å². The smallest absolute Gasteiger partial charge is 0.322 e. The lowest BCUT2D eigenvalue weighted by Gasteiger charge is -1.96. The number of nitrogens with one attached hydrogen (secondary N) is 2. The van der Waals surface area contributed by atoms with Gasteiger partial charge in [0.15, 0.2) is 0 Å². The van der Waals surface area contributed by atoms with Gasteiger partial charge in [0, 0.05) is 6.42 Å². The van der Waals surface area contributed by atoms with Gasteiger partial charge in [-0.05, 0) is 6.42 Å². The van der Waals surface area contributed by atoms with E-state index in [2.05, 4.69) is 20.5 Å². The molecule has 1 aromatic rings. The summed E-state index contributed by atoms with van der Waals surface area (Å²) in [7, 11) is 0. The lowest BCUT2D eigenvalue weighted by atomic mass is 10.3. The van der Waals surface area contributed by atoms with Crippen LogP contribution >= 0.6 is 0 Å². The Morgan fingerprint density at radius 3 is 2.87 bits per heavy atom. The highest BCUT2D eigenvalue weighted by Gasteiger charge is 2.12. The molecule has 0 aliphatic rings. The van der Waals surface area contributed by atoms with Gasteiger partial charge in [-0.25, -0.2) is 4.98 Å². The van der Waals surface area contributed by atoms with Crippen LogP contribution in [0.15, 0.2) is 0 Å². The van der Waals surface area contributed by atoms with Crippen molar-refractivity contribution in [1.82, 2.24) is 20.5 Å². The first-order valence-corrected chi connectivity index (χ1v) is 4.54. The molecule has 0 atom stereocenters. The predicted molar refractivity (Wildman–Crippen MR) is 50.3 cm³/mol. The summed E-state index contributed by atoms with van der Waals surface area (Å²) >= 11 is 0. The van der Waals surface area contributed by atoms with Crippen LogP contribution in [0.5, 0.6) is 0 Å². The number of aryl methyl sites for hydroxylation is 1. The van der Waals surface area contributed by atoms with Gasteiger partial charge < -0.3 is 10.4 Å². The van der Waals surface area contributed by atoms with Crippen molar-refractivity contribution in [3.63, 3.8) is 0 Å². The first-order valence-electron chi connectivity index (χ1n) is 4.54. The van der Waals surface area contributed by atoms with Crippen LogP contribution in [-0.4, -0.2) is 38.7 Å². The molecule has 0 aliphatic carbocycles. The monoisotopic (exact) mass is 212 g/mol. The van der Waals surface area contributed by atoms with Gasteiger partial charge in [-0.15, -0.1) is 5.10 Å². The molecule has 0 saturated carbocycles. The summed E-state index contributed by atoms with van der Waals surface area (Å²) in [5, 5.41) is 16.8. The maximum absolute atomic E-state index is 11.2. The SMILES string of the molecule is CCCc1nc(C(=O)NCC(=O)O)n[nH]1. The molecule has 0 aromatic carbocycles. The molecule has 3 N–H and O–H groups in total. The minimum absolute atomic E-state index is 0.0281. The summed E-state index contributed by atoms with van der Waals surface area (Å²) in [6, 6.07) is 0. The van der Waals surface area contributed by atoms with Crippen LogP contribution in [0.4, 0.5) is 0 Å². The lowest BCUT2D eigenvalue weighted by molar-refractivity contribution is -0.135. The Kier molecular flexibility index (Phi) is 3.78. The van der Waals surface area contributed by atoms with Crippen LogP contribution in [0.25, 0.3) is 0 Å². The Balaban J connectivity index is 2.54. The fraction of sp³-hybridized carbons (Fsp3) is 0.500. The van der Waals surface area contributed by atoms with E-state index in [-0.39, 0.29) is 5.82 Å². The Morgan fingerprint density at radius 2 is 2.27 bits per heavy atom. The van der Waals surface area contributed by atoms with Crippen LogP contribution < -0.4 is 5.32 Å². The minimum Gasteiger partial charge on any atom is -0.480 e. The Labute approximate surface area is 85.9 Å². The predicted octanol–water partition coefficient (Wildman–Crippen LogP) is -0.428. The number of carbonyl (C=O) groups excluding carboxylic acids is 1. The van der Waals surface area contributed by atoms with Gasteiger partial charge in [0.25, 0.3) is 5.91 Å². The second kappa shape index (κ2) is 5.08. The molecular weight excluding hydrogens is 200 g/mol. The summed E-state index contributed by atoms with van der Waals surface area (Å²) in [6.07, 6.45) is 1.60. The molecule has 0 unspecified atom stereocenters. The second-order valence-electron chi connectivity index (χ2n) is 2.93. The molecule has 7 nitrogen and oxygen atoms in total. The van der Waals surface area contributed by atoms with E-state index in [0.29, 0.717) is 12.2 Å². The van der Waals surface area contributed by atoms with Gasteiger partial charge in [0.1, 0.15) is 12.4 Å². The Bertz CT molecular complexity index is 361. The summed E-state index contributed by atoms with van der Waals surface area (Å²) in [6.45, 7) is 1.54. The van der Waals surface area contributed by atoms with E-state index in [1.807, 2.05) is 6.92 Å². The van der Waals surface area contributed by atoms with E-state index < -0.39 is 18.4 Å². The van der Waals surface area contributed by atoms with Crippen LogP contribution in [0.1, 0.15) is 29.8 Å². The van der Waals surface area contributed by atoms with Crippen LogP contribution in [0.2, 0.25) is 0 Å². The quantitative estimate of drug-likeness (QED) is 0.613. The number of aliphatic carboxylic acids is 1. The first kappa shape index (κ1) is 11.2. The van der Waals surface area contributed by atoms with Crippen molar-refractivity contribution in [1.29, 1.82) is 0 Å². The molecule has 1 heterocycles. The molecule has 0 radical (unpaired) electrons. The Morgan fingerprint density at radius 1 is 1.53 bits per heavy atom. The summed E-state index contributed by atoms with van der Waals surface area (Å²) in [5.41, 5.74) is 0. The van der Waals surface area contributed by atoms with Crippen molar-refractivity contribution in [3.8, 4) is 0 Å². The van der Waals surface area contributed by atoms with Crippen LogP contribution in [-0.2, 0) is 11.2 Å². The zero-order chi connectivity index (χ0) is 11.3. The zero-order valence-corrected chi connectivity index (χ0v) is 8.28. The van der Waals surface area contributed by atoms with E-state index in [9.17, 15) is 9.59 Å². The molecule has 82 valence electrons. The van der Waals surface area contributed by atoms with Crippen molar-refractivity contribution < 1.29 is 14.7 Å². The van der Waals surface area contributed by atoms with Gasteiger partial charge in [0.2, 0.25) is 5.82 Å². The highest BCUT2D eigenvalue weighted by atomic mass is 16.4. The third-order valence-corrected chi connectivity index (χ3v) is 1.62.